The highest BCUT2D eigenvalue weighted by molar-refractivity contribution is 6.10. The van der Waals surface area contributed by atoms with Crippen molar-refractivity contribution in [2.45, 2.75) is 19.8 Å². The van der Waals surface area contributed by atoms with Crippen molar-refractivity contribution in [1.29, 1.82) is 0 Å². The van der Waals surface area contributed by atoms with Crippen molar-refractivity contribution in [2.75, 3.05) is 27.9 Å². The number of hydrogen-bond donors (Lipinski definition) is 3. The zero-order valence-electron chi connectivity index (χ0n) is 20.6. The molecule has 0 aliphatic carbocycles. The Kier molecular flexibility index (Phi) is 10.4. The van der Waals surface area contributed by atoms with Crippen LogP contribution in [0, 0.1) is 6.92 Å². The van der Waals surface area contributed by atoms with Gasteiger partial charge in [0.05, 0.1) is 33.5 Å². The van der Waals surface area contributed by atoms with Crippen molar-refractivity contribution in [3.8, 4) is 34.5 Å². The summed E-state index contributed by atoms with van der Waals surface area (Å²) in [6.07, 6.45) is 0.520. The number of methoxy groups -OCH3 is 3. The van der Waals surface area contributed by atoms with Crippen LogP contribution in [0.15, 0.2) is 54.6 Å². The molecule has 3 N–H and O–H groups in total. The molecule has 3 rings (SSSR count). The summed E-state index contributed by atoms with van der Waals surface area (Å²) >= 11 is 0. The number of hydrogen-bond acceptors (Lipinski definition) is 8. The predicted molar refractivity (Wildman–Crippen MR) is 133 cm³/mol. The molecule has 3 aromatic carbocycles. The molecule has 0 aromatic heterocycles. The van der Waals surface area contributed by atoms with Crippen LogP contribution in [0.5, 0.6) is 34.5 Å². The highest BCUT2D eigenvalue weighted by atomic mass is 16.5. The Bertz CT molecular complexity index is 1170. The molecule has 9 heteroatoms. The van der Waals surface area contributed by atoms with Crippen LogP contribution in [0.3, 0.4) is 0 Å². The first-order valence-electron chi connectivity index (χ1n) is 11.0. The summed E-state index contributed by atoms with van der Waals surface area (Å²) < 4.78 is 20.8. The van der Waals surface area contributed by atoms with Crippen LogP contribution in [0.4, 0.5) is 0 Å². The van der Waals surface area contributed by atoms with E-state index in [1.807, 2.05) is 0 Å². The van der Waals surface area contributed by atoms with Crippen LogP contribution in [-0.2, 0) is 4.79 Å². The van der Waals surface area contributed by atoms with Gasteiger partial charge in [-0.25, -0.2) is 0 Å². The molecule has 0 atom stereocenters. The Morgan fingerprint density at radius 1 is 0.833 bits per heavy atom. The molecule has 0 fully saturated rings. The lowest BCUT2D eigenvalue weighted by molar-refractivity contribution is -0.137. The largest absolute Gasteiger partial charge is 0.508 e. The average molecular weight is 499 g/mol. The van der Waals surface area contributed by atoms with Crippen LogP contribution in [0.25, 0.3) is 0 Å². The van der Waals surface area contributed by atoms with E-state index in [2.05, 4.69) is 0 Å². The SMILES string of the molecule is COc1c(O)ccc(OCCCC(=O)O)c1C.COc1ccc(C(=O)c2ccc(O)cc2)c(OC)c1. The monoisotopic (exact) mass is 498 g/mol. The number of phenols is 2. The molecule has 0 unspecified atom stereocenters. The van der Waals surface area contributed by atoms with Crippen LogP contribution in [-0.4, -0.2) is 55.0 Å². The number of aliphatic carboxylic acids is 1. The van der Waals surface area contributed by atoms with Gasteiger partial charge in [-0.05, 0) is 61.9 Å². The van der Waals surface area contributed by atoms with Crippen LogP contribution >= 0.6 is 0 Å². The summed E-state index contributed by atoms with van der Waals surface area (Å²) in [4.78, 5) is 22.6. The van der Waals surface area contributed by atoms with Gasteiger partial charge >= 0.3 is 5.97 Å². The van der Waals surface area contributed by atoms with Gasteiger partial charge in [-0.1, -0.05) is 0 Å². The minimum absolute atomic E-state index is 0.0582. The molecule has 0 bridgehead atoms. The Morgan fingerprint density at radius 2 is 1.53 bits per heavy atom. The van der Waals surface area contributed by atoms with Crippen molar-refractivity contribution >= 4 is 11.8 Å². The normalized spacial score (nSPS) is 10.0. The van der Waals surface area contributed by atoms with E-state index in [-0.39, 0.29) is 23.7 Å². The van der Waals surface area contributed by atoms with Gasteiger partial charge in [-0.2, -0.15) is 0 Å². The molecular weight excluding hydrogens is 468 g/mol. The molecule has 3 aromatic rings. The number of benzene rings is 3. The third kappa shape index (κ3) is 7.56. The maximum Gasteiger partial charge on any atom is 0.303 e. The second-order valence-electron chi connectivity index (χ2n) is 7.53. The number of aromatic hydroxyl groups is 2. The summed E-state index contributed by atoms with van der Waals surface area (Å²) in [7, 11) is 4.52. The van der Waals surface area contributed by atoms with Crippen LogP contribution < -0.4 is 18.9 Å². The van der Waals surface area contributed by atoms with Gasteiger partial charge in [0.15, 0.2) is 17.3 Å². The third-order valence-electron chi connectivity index (χ3n) is 5.11. The fourth-order valence-electron chi connectivity index (χ4n) is 3.23. The first kappa shape index (κ1) is 27.8. The summed E-state index contributed by atoms with van der Waals surface area (Å²) in [5.74, 6) is 1.22. The van der Waals surface area contributed by atoms with Gasteiger partial charge in [0, 0.05) is 23.6 Å². The minimum atomic E-state index is -0.839. The lowest BCUT2D eigenvalue weighted by Crippen LogP contribution is -2.04. The highest BCUT2D eigenvalue weighted by Gasteiger charge is 2.15. The van der Waals surface area contributed by atoms with Gasteiger partial charge < -0.3 is 34.3 Å². The van der Waals surface area contributed by atoms with E-state index in [4.69, 9.17) is 24.1 Å². The molecule has 36 heavy (non-hydrogen) atoms. The Morgan fingerprint density at radius 3 is 2.11 bits per heavy atom. The quantitative estimate of drug-likeness (QED) is 0.271. The van der Waals surface area contributed by atoms with Crippen molar-refractivity contribution in [2.24, 2.45) is 0 Å². The Labute approximate surface area is 209 Å². The molecule has 0 radical (unpaired) electrons. The zero-order chi connectivity index (χ0) is 26.7. The molecule has 0 heterocycles. The molecule has 192 valence electrons. The molecule has 0 saturated carbocycles. The van der Waals surface area contributed by atoms with Crippen LogP contribution in [0.2, 0.25) is 0 Å². The van der Waals surface area contributed by atoms with E-state index >= 15 is 0 Å². The van der Waals surface area contributed by atoms with E-state index in [1.54, 1.807) is 50.4 Å². The number of ketones is 1. The standard InChI is InChI=1S/C15H14O4.C12H16O5/c1-18-12-7-8-13(14(9-12)19-2)15(17)10-3-5-11(16)6-4-10;1-8-10(17-7-3-4-11(14)15)6-5-9(13)12(8)16-2/h3-9,16H,1-2H3;5-6,13H,3-4,7H2,1-2H3,(H,14,15). The molecule has 0 saturated heterocycles. The van der Waals surface area contributed by atoms with E-state index in [1.165, 1.54) is 32.4 Å². The molecule has 0 spiro atoms. The number of rotatable bonds is 10. The molecular formula is C27H30O9. The topological polar surface area (TPSA) is 132 Å². The average Bonchev–Trinajstić information content (AvgIpc) is 2.88. The number of ether oxygens (including phenoxy) is 4. The van der Waals surface area contributed by atoms with E-state index in [9.17, 15) is 19.8 Å². The maximum absolute atomic E-state index is 12.3. The number of carbonyl (C=O) groups is 2. The third-order valence-corrected chi connectivity index (χ3v) is 5.11. The molecule has 9 nitrogen and oxygen atoms in total. The number of carboxylic acids is 1. The van der Waals surface area contributed by atoms with Gasteiger partial charge in [0.25, 0.3) is 0 Å². The van der Waals surface area contributed by atoms with Crippen molar-refractivity contribution in [3.63, 3.8) is 0 Å². The van der Waals surface area contributed by atoms with Crippen molar-refractivity contribution in [1.82, 2.24) is 0 Å². The smallest absolute Gasteiger partial charge is 0.303 e. The predicted octanol–water partition coefficient (Wildman–Crippen LogP) is 4.59. The van der Waals surface area contributed by atoms with Crippen molar-refractivity contribution in [3.05, 3.63) is 71.3 Å². The first-order chi connectivity index (χ1) is 17.2. The first-order valence-corrected chi connectivity index (χ1v) is 11.0. The fourth-order valence-corrected chi connectivity index (χ4v) is 3.23. The lowest BCUT2D eigenvalue weighted by atomic mass is 10.0. The second kappa shape index (κ2) is 13.5. The van der Waals surface area contributed by atoms with E-state index in [0.29, 0.717) is 52.7 Å². The number of carboxylic acid groups (broad SMARTS) is 1. The maximum atomic E-state index is 12.3. The zero-order valence-corrected chi connectivity index (χ0v) is 20.6. The van der Waals surface area contributed by atoms with Gasteiger partial charge in [0.1, 0.15) is 23.0 Å². The Balaban J connectivity index is 0.000000255. The van der Waals surface area contributed by atoms with Crippen LogP contribution in [0.1, 0.15) is 34.3 Å². The highest BCUT2D eigenvalue weighted by Crippen LogP contribution is 2.35. The van der Waals surface area contributed by atoms with Gasteiger partial charge in [-0.3, -0.25) is 9.59 Å². The van der Waals surface area contributed by atoms with Gasteiger partial charge in [-0.15, -0.1) is 0 Å². The number of carbonyl (C=O) groups excluding carboxylic acids is 1. The van der Waals surface area contributed by atoms with E-state index in [0.717, 1.165) is 0 Å². The Hall–Kier alpha value is -4.40. The van der Waals surface area contributed by atoms with Gasteiger partial charge in [0.2, 0.25) is 0 Å². The summed E-state index contributed by atoms with van der Waals surface area (Å²) in [6.45, 7) is 2.09. The molecule has 0 amide bonds. The minimum Gasteiger partial charge on any atom is -0.508 e. The second-order valence-corrected chi connectivity index (χ2v) is 7.53. The lowest BCUT2D eigenvalue weighted by Gasteiger charge is -2.12. The summed E-state index contributed by atoms with van der Waals surface area (Å²) in [5.41, 5.74) is 1.64. The molecule has 0 aliphatic rings. The van der Waals surface area contributed by atoms with E-state index < -0.39 is 5.97 Å². The summed E-state index contributed by atoms with van der Waals surface area (Å²) in [5, 5.41) is 27.2. The number of phenolic OH excluding ortho intramolecular Hbond substituents is 2. The summed E-state index contributed by atoms with van der Waals surface area (Å²) in [6, 6.07) is 14.2. The van der Waals surface area contributed by atoms with Crippen molar-refractivity contribution < 1.29 is 43.9 Å². The molecule has 0 aliphatic heterocycles. The fraction of sp³-hybridized carbons (Fsp3) is 0.259.